The fraction of sp³-hybridized carbons (Fsp3) is 0.111. The van der Waals surface area contributed by atoms with Gasteiger partial charge in [0, 0.05) is 47.8 Å². The zero-order valence-electron chi connectivity index (χ0n) is 18.9. The molecule has 0 unspecified atom stereocenters. The molecule has 2 N–H and O–H groups in total. The number of aromatic amines is 2. The van der Waals surface area contributed by atoms with Crippen LogP contribution in [0.5, 0.6) is 0 Å². The van der Waals surface area contributed by atoms with Crippen LogP contribution >= 0.6 is 0 Å². The van der Waals surface area contributed by atoms with Crippen molar-refractivity contribution < 1.29 is 0 Å². The van der Waals surface area contributed by atoms with Crippen molar-refractivity contribution in [1.82, 2.24) is 35.0 Å². The Balaban J connectivity index is 1.45. The molecular weight excluding hydrogens is 422 g/mol. The molecule has 0 radical (unpaired) electrons. The Kier molecular flexibility index (Phi) is 4.89. The van der Waals surface area contributed by atoms with Gasteiger partial charge in [0.25, 0.3) is 0 Å². The number of pyridine rings is 2. The number of fused-ring (bicyclic) bond motifs is 2. The van der Waals surface area contributed by atoms with Crippen molar-refractivity contribution in [3.63, 3.8) is 0 Å². The van der Waals surface area contributed by atoms with E-state index in [-0.39, 0.29) is 0 Å². The molecule has 0 aliphatic rings. The summed E-state index contributed by atoms with van der Waals surface area (Å²) in [4.78, 5) is 19.1. The van der Waals surface area contributed by atoms with Crippen LogP contribution in [0.25, 0.3) is 55.7 Å². The van der Waals surface area contributed by atoms with Crippen LogP contribution in [0.4, 0.5) is 0 Å². The smallest absolute Gasteiger partial charge is 0.159 e. The van der Waals surface area contributed by atoms with E-state index >= 15 is 0 Å². The Hall–Kier alpha value is -4.36. The predicted molar refractivity (Wildman–Crippen MR) is 135 cm³/mol. The molecule has 2 aromatic carbocycles. The third-order valence-corrected chi connectivity index (χ3v) is 5.92. The average molecular weight is 446 g/mol. The molecule has 0 aliphatic carbocycles. The number of benzene rings is 2. The molecule has 0 aliphatic heterocycles. The van der Waals surface area contributed by atoms with Gasteiger partial charge in [-0.1, -0.05) is 18.2 Å². The average Bonchev–Trinajstić information content (AvgIpc) is 3.48. The molecular formula is C27H23N7. The van der Waals surface area contributed by atoms with Crippen molar-refractivity contribution in [2.75, 3.05) is 14.1 Å². The van der Waals surface area contributed by atoms with E-state index in [9.17, 15) is 0 Å². The largest absolute Gasteiger partial charge is 0.337 e. The topological polar surface area (TPSA) is 86.4 Å². The summed E-state index contributed by atoms with van der Waals surface area (Å²) in [5.74, 6) is 0.736. The van der Waals surface area contributed by atoms with Gasteiger partial charge < -0.3 is 9.88 Å². The molecule has 0 bridgehead atoms. The first kappa shape index (κ1) is 20.3. The van der Waals surface area contributed by atoms with E-state index in [2.05, 4.69) is 74.5 Å². The molecule has 0 saturated heterocycles. The fourth-order valence-electron chi connectivity index (χ4n) is 4.38. The summed E-state index contributed by atoms with van der Waals surface area (Å²) >= 11 is 0. The van der Waals surface area contributed by atoms with Gasteiger partial charge in [0.2, 0.25) is 0 Å². The maximum absolute atomic E-state index is 4.95. The van der Waals surface area contributed by atoms with E-state index in [1.165, 1.54) is 5.56 Å². The molecule has 4 aromatic heterocycles. The molecule has 166 valence electrons. The Morgan fingerprint density at radius 1 is 0.824 bits per heavy atom. The molecule has 6 aromatic rings. The van der Waals surface area contributed by atoms with E-state index in [1.54, 1.807) is 12.4 Å². The number of rotatable bonds is 5. The Labute approximate surface area is 196 Å². The molecule has 0 spiro atoms. The van der Waals surface area contributed by atoms with Crippen molar-refractivity contribution in [3.05, 3.63) is 84.9 Å². The first-order valence-electron chi connectivity index (χ1n) is 11.1. The Morgan fingerprint density at radius 2 is 1.71 bits per heavy atom. The van der Waals surface area contributed by atoms with E-state index in [4.69, 9.17) is 4.98 Å². The van der Waals surface area contributed by atoms with Crippen LogP contribution in [-0.4, -0.2) is 49.1 Å². The van der Waals surface area contributed by atoms with Crippen molar-refractivity contribution in [3.8, 4) is 33.8 Å². The summed E-state index contributed by atoms with van der Waals surface area (Å²) in [6.45, 7) is 0.846. The van der Waals surface area contributed by atoms with Gasteiger partial charge in [-0.2, -0.15) is 5.10 Å². The second-order valence-corrected chi connectivity index (χ2v) is 8.68. The summed E-state index contributed by atoms with van der Waals surface area (Å²) in [6.07, 6.45) is 7.42. The van der Waals surface area contributed by atoms with Crippen LogP contribution < -0.4 is 0 Å². The maximum Gasteiger partial charge on any atom is 0.159 e. The van der Waals surface area contributed by atoms with Crippen LogP contribution in [0.2, 0.25) is 0 Å². The van der Waals surface area contributed by atoms with Crippen LogP contribution in [0.3, 0.4) is 0 Å². The summed E-state index contributed by atoms with van der Waals surface area (Å²) < 4.78 is 0. The molecule has 34 heavy (non-hydrogen) atoms. The number of hydrogen-bond donors (Lipinski definition) is 2. The van der Waals surface area contributed by atoms with Gasteiger partial charge >= 0.3 is 0 Å². The summed E-state index contributed by atoms with van der Waals surface area (Å²) in [6, 6.07) is 18.7. The number of H-pyrrole nitrogens is 2. The first-order chi connectivity index (χ1) is 16.7. The van der Waals surface area contributed by atoms with E-state index < -0.39 is 0 Å². The number of nitrogens with zero attached hydrogens (tertiary/aromatic N) is 5. The maximum atomic E-state index is 4.95. The van der Waals surface area contributed by atoms with Crippen molar-refractivity contribution in [2.24, 2.45) is 0 Å². The molecule has 7 nitrogen and oxygen atoms in total. The summed E-state index contributed by atoms with van der Waals surface area (Å²) in [7, 11) is 4.12. The number of hydrogen-bond acceptors (Lipinski definition) is 5. The van der Waals surface area contributed by atoms with Gasteiger partial charge in [-0.05, 0) is 67.2 Å². The first-order valence-corrected chi connectivity index (χ1v) is 11.1. The number of imidazole rings is 1. The Bertz CT molecular complexity index is 1610. The van der Waals surface area contributed by atoms with Crippen molar-refractivity contribution >= 4 is 21.9 Å². The lowest BCUT2D eigenvalue weighted by atomic mass is 10.0. The highest BCUT2D eigenvalue weighted by molar-refractivity contribution is 5.98. The van der Waals surface area contributed by atoms with Crippen LogP contribution in [0.1, 0.15) is 5.56 Å². The van der Waals surface area contributed by atoms with Gasteiger partial charge in [-0.25, -0.2) is 4.98 Å². The minimum absolute atomic E-state index is 0.736. The lowest BCUT2D eigenvalue weighted by Crippen LogP contribution is -2.10. The van der Waals surface area contributed by atoms with Crippen LogP contribution in [0.15, 0.2) is 79.4 Å². The second-order valence-electron chi connectivity index (χ2n) is 8.68. The van der Waals surface area contributed by atoms with E-state index in [1.807, 2.05) is 36.7 Å². The van der Waals surface area contributed by atoms with Crippen molar-refractivity contribution in [2.45, 2.75) is 6.54 Å². The molecule has 7 heteroatoms. The monoisotopic (exact) mass is 445 g/mol. The third-order valence-electron chi connectivity index (χ3n) is 5.92. The van der Waals surface area contributed by atoms with Gasteiger partial charge in [0.1, 0.15) is 5.69 Å². The molecule has 4 heterocycles. The third kappa shape index (κ3) is 3.62. The molecule has 6 rings (SSSR count). The minimum atomic E-state index is 0.736. The standard InChI is InChI=1S/C27H23N7/c1-34(2)16-17-12-20(15-29-14-17)19-6-7-23-22(13-19)26(33-32-23)27-30-24-5-3-4-21(25(24)31-27)18-8-10-28-11-9-18/h3-15H,16H2,1-2H3,(H,30,31)(H,32,33). The highest BCUT2D eigenvalue weighted by Crippen LogP contribution is 2.33. The summed E-state index contributed by atoms with van der Waals surface area (Å²) in [5, 5.41) is 8.77. The number of aromatic nitrogens is 6. The minimum Gasteiger partial charge on any atom is -0.337 e. The van der Waals surface area contributed by atoms with Gasteiger partial charge in [-0.3, -0.25) is 15.1 Å². The lowest BCUT2D eigenvalue weighted by molar-refractivity contribution is 0.402. The molecule has 0 fully saturated rings. The second kappa shape index (κ2) is 8.20. The van der Waals surface area contributed by atoms with Gasteiger partial charge in [-0.15, -0.1) is 0 Å². The highest BCUT2D eigenvalue weighted by Gasteiger charge is 2.16. The SMILES string of the molecule is CN(C)Cc1cncc(-c2ccc3[nH]nc(-c4nc5c(-c6ccncc6)cccc5[nH]4)c3c2)c1. The molecule has 0 saturated carbocycles. The van der Waals surface area contributed by atoms with Crippen LogP contribution in [0, 0.1) is 0 Å². The predicted octanol–water partition coefficient (Wildman–Crippen LogP) is 5.29. The zero-order chi connectivity index (χ0) is 23.1. The van der Waals surface area contributed by atoms with Crippen LogP contribution in [-0.2, 0) is 6.54 Å². The van der Waals surface area contributed by atoms with Gasteiger partial charge in [0.15, 0.2) is 5.82 Å². The highest BCUT2D eigenvalue weighted by atomic mass is 15.1. The molecule has 0 atom stereocenters. The van der Waals surface area contributed by atoms with Gasteiger partial charge in [0.05, 0.1) is 16.6 Å². The fourth-order valence-corrected chi connectivity index (χ4v) is 4.38. The van der Waals surface area contributed by atoms with E-state index in [0.717, 1.165) is 62.3 Å². The lowest BCUT2D eigenvalue weighted by Gasteiger charge is -2.10. The molecule has 0 amide bonds. The normalized spacial score (nSPS) is 11.6. The number of nitrogens with one attached hydrogen (secondary N) is 2. The van der Waals surface area contributed by atoms with Crippen molar-refractivity contribution in [1.29, 1.82) is 0 Å². The Morgan fingerprint density at radius 3 is 2.56 bits per heavy atom. The zero-order valence-corrected chi connectivity index (χ0v) is 18.9. The number of para-hydroxylation sites is 1. The van der Waals surface area contributed by atoms with E-state index in [0.29, 0.717) is 0 Å². The quantitative estimate of drug-likeness (QED) is 0.376. The summed E-state index contributed by atoms with van der Waals surface area (Å²) in [5.41, 5.74) is 9.14.